The van der Waals surface area contributed by atoms with E-state index in [1.165, 1.54) is 0 Å². The first-order chi connectivity index (χ1) is 12.3. The van der Waals surface area contributed by atoms with E-state index in [9.17, 15) is 9.59 Å². The molecule has 0 aliphatic carbocycles. The molecule has 0 bridgehead atoms. The highest BCUT2D eigenvalue weighted by molar-refractivity contribution is 5.94. The van der Waals surface area contributed by atoms with Gasteiger partial charge in [0.05, 0.1) is 5.69 Å². The number of nitrogens with one attached hydrogen (secondary N) is 1. The van der Waals surface area contributed by atoms with Crippen LogP contribution in [0.4, 0.5) is 5.69 Å². The highest BCUT2D eigenvalue weighted by Gasteiger charge is 2.14. The summed E-state index contributed by atoms with van der Waals surface area (Å²) in [6, 6.07) is 5.89. The van der Waals surface area contributed by atoms with Crippen LogP contribution in [0, 0.1) is 20.8 Å². The molecule has 6 heteroatoms. The van der Waals surface area contributed by atoms with Gasteiger partial charge in [-0.3, -0.25) is 14.3 Å². The van der Waals surface area contributed by atoms with E-state index in [2.05, 4.69) is 10.4 Å². The van der Waals surface area contributed by atoms with Gasteiger partial charge in [-0.1, -0.05) is 25.1 Å². The molecule has 1 amide bonds. The number of carbonyl (C=O) groups is 2. The second kappa shape index (κ2) is 8.65. The first-order valence-corrected chi connectivity index (χ1v) is 8.86. The molecule has 0 aliphatic rings. The number of ether oxygens (including phenoxy) is 1. The molecule has 1 aromatic carbocycles. The number of aromatic nitrogens is 2. The lowest BCUT2D eigenvalue weighted by molar-refractivity contribution is -0.147. The minimum Gasteiger partial charge on any atom is -0.456 e. The van der Waals surface area contributed by atoms with Crippen molar-refractivity contribution >= 4 is 17.6 Å². The molecule has 1 heterocycles. The van der Waals surface area contributed by atoms with Crippen molar-refractivity contribution in [1.82, 2.24) is 9.78 Å². The van der Waals surface area contributed by atoms with Crippen molar-refractivity contribution in [2.45, 2.75) is 47.0 Å². The average Bonchev–Trinajstić information content (AvgIpc) is 2.85. The summed E-state index contributed by atoms with van der Waals surface area (Å²) in [4.78, 5) is 24.1. The largest absolute Gasteiger partial charge is 0.456 e. The third-order valence-corrected chi connectivity index (χ3v) is 4.61. The lowest BCUT2D eigenvalue weighted by atomic mass is 10.1. The molecule has 26 heavy (non-hydrogen) atoms. The first-order valence-electron chi connectivity index (χ1n) is 8.86. The average molecular weight is 357 g/mol. The molecule has 0 radical (unpaired) electrons. The van der Waals surface area contributed by atoms with Gasteiger partial charge in [0.15, 0.2) is 6.61 Å². The Hall–Kier alpha value is -2.63. The van der Waals surface area contributed by atoms with Crippen LogP contribution in [-0.2, 0) is 34.2 Å². The van der Waals surface area contributed by atoms with Crippen molar-refractivity contribution in [3.8, 4) is 0 Å². The topological polar surface area (TPSA) is 73.2 Å². The molecule has 2 rings (SSSR count). The smallest absolute Gasteiger partial charge is 0.306 e. The molecule has 0 atom stereocenters. The van der Waals surface area contributed by atoms with Crippen LogP contribution in [0.15, 0.2) is 18.2 Å². The summed E-state index contributed by atoms with van der Waals surface area (Å²) < 4.78 is 6.92. The first kappa shape index (κ1) is 19.7. The molecular formula is C20H27N3O3. The van der Waals surface area contributed by atoms with Crippen LogP contribution < -0.4 is 5.32 Å². The van der Waals surface area contributed by atoms with E-state index in [4.69, 9.17) is 4.74 Å². The van der Waals surface area contributed by atoms with Crippen molar-refractivity contribution in [1.29, 1.82) is 0 Å². The third kappa shape index (κ3) is 4.71. The van der Waals surface area contributed by atoms with Crippen molar-refractivity contribution in [2.75, 3.05) is 11.9 Å². The molecule has 6 nitrogen and oxygen atoms in total. The van der Waals surface area contributed by atoms with E-state index >= 15 is 0 Å². The quantitative estimate of drug-likeness (QED) is 0.773. The van der Waals surface area contributed by atoms with Gasteiger partial charge in [0.2, 0.25) is 0 Å². The Morgan fingerprint density at radius 3 is 2.58 bits per heavy atom. The van der Waals surface area contributed by atoms with Gasteiger partial charge in [0, 0.05) is 24.8 Å². The number of carbonyl (C=O) groups excluding carboxylic acids is 2. The lowest BCUT2D eigenvalue weighted by Gasteiger charge is -2.13. The summed E-state index contributed by atoms with van der Waals surface area (Å²) >= 11 is 0. The summed E-state index contributed by atoms with van der Waals surface area (Å²) in [5.41, 5.74) is 5.87. The number of rotatable bonds is 7. The number of hydrogen-bond donors (Lipinski definition) is 1. The molecule has 1 aromatic heterocycles. The Morgan fingerprint density at radius 1 is 1.23 bits per heavy atom. The van der Waals surface area contributed by atoms with Crippen molar-refractivity contribution in [3.05, 3.63) is 46.3 Å². The van der Waals surface area contributed by atoms with Crippen LogP contribution in [0.3, 0.4) is 0 Å². The predicted molar refractivity (Wildman–Crippen MR) is 101 cm³/mol. The zero-order valence-corrected chi connectivity index (χ0v) is 16.2. The maximum Gasteiger partial charge on any atom is 0.306 e. The summed E-state index contributed by atoms with van der Waals surface area (Å²) in [5, 5.41) is 7.19. The molecule has 0 unspecified atom stereocenters. The van der Waals surface area contributed by atoms with Crippen LogP contribution in [-0.4, -0.2) is 28.3 Å². The molecule has 0 saturated heterocycles. The second-order valence-electron chi connectivity index (χ2n) is 6.44. The van der Waals surface area contributed by atoms with Gasteiger partial charge in [0.25, 0.3) is 5.91 Å². The van der Waals surface area contributed by atoms with E-state index in [1.54, 1.807) is 4.68 Å². The van der Waals surface area contributed by atoms with Crippen LogP contribution in [0.25, 0.3) is 0 Å². The number of para-hydroxylation sites is 1. The van der Waals surface area contributed by atoms with Crippen LogP contribution >= 0.6 is 0 Å². The zero-order chi connectivity index (χ0) is 19.3. The van der Waals surface area contributed by atoms with Gasteiger partial charge >= 0.3 is 5.97 Å². The Balaban J connectivity index is 1.85. The van der Waals surface area contributed by atoms with Crippen LogP contribution in [0.2, 0.25) is 0 Å². The Kier molecular flexibility index (Phi) is 6.55. The molecule has 0 fully saturated rings. The van der Waals surface area contributed by atoms with E-state index < -0.39 is 0 Å². The van der Waals surface area contributed by atoms with E-state index in [-0.39, 0.29) is 24.9 Å². The maximum atomic E-state index is 12.1. The minimum atomic E-state index is -0.386. The summed E-state index contributed by atoms with van der Waals surface area (Å²) in [6.45, 7) is 7.60. The molecule has 0 saturated carbocycles. The van der Waals surface area contributed by atoms with Gasteiger partial charge in [-0.25, -0.2) is 0 Å². The standard InChI is InChI=1S/C20H27N3O3/c1-6-16-9-7-8-13(2)20(16)21-18(24)12-26-19(25)11-10-17-14(3)22-23(5)15(17)4/h7-9H,6,10-12H2,1-5H3,(H,21,24). The van der Waals surface area contributed by atoms with Crippen LogP contribution in [0.1, 0.15) is 41.4 Å². The number of hydrogen-bond acceptors (Lipinski definition) is 4. The number of anilines is 1. The number of esters is 1. The number of benzene rings is 1. The summed E-state index contributed by atoms with van der Waals surface area (Å²) in [6.07, 6.45) is 1.61. The maximum absolute atomic E-state index is 12.1. The van der Waals surface area contributed by atoms with Gasteiger partial charge in [-0.2, -0.15) is 5.10 Å². The normalized spacial score (nSPS) is 10.7. The van der Waals surface area contributed by atoms with Gasteiger partial charge in [-0.15, -0.1) is 0 Å². The molecule has 0 aliphatic heterocycles. The zero-order valence-electron chi connectivity index (χ0n) is 16.2. The summed E-state index contributed by atoms with van der Waals surface area (Å²) in [7, 11) is 1.88. The fourth-order valence-corrected chi connectivity index (χ4v) is 3.00. The van der Waals surface area contributed by atoms with E-state index in [1.807, 2.05) is 52.9 Å². The molecule has 1 N–H and O–H groups in total. The Morgan fingerprint density at radius 2 is 1.96 bits per heavy atom. The number of nitrogens with zero attached hydrogens (tertiary/aromatic N) is 2. The lowest BCUT2D eigenvalue weighted by Crippen LogP contribution is -2.22. The molecule has 2 aromatic rings. The highest BCUT2D eigenvalue weighted by atomic mass is 16.5. The van der Waals surface area contributed by atoms with Crippen LogP contribution in [0.5, 0.6) is 0 Å². The van der Waals surface area contributed by atoms with Gasteiger partial charge < -0.3 is 10.1 Å². The highest BCUT2D eigenvalue weighted by Crippen LogP contribution is 2.21. The number of aryl methyl sites for hydroxylation is 4. The van der Waals surface area contributed by atoms with Crippen molar-refractivity contribution in [2.24, 2.45) is 7.05 Å². The minimum absolute atomic E-state index is 0.227. The Bertz CT molecular complexity index is 809. The SMILES string of the molecule is CCc1cccc(C)c1NC(=O)COC(=O)CCc1c(C)nn(C)c1C. The fraction of sp³-hybridized carbons (Fsp3) is 0.450. The van der Waals surface area contributed by atoms with Gasteiger partial charge in [-0.05, 0) is 50.3 Å². The van der Waals surface area contributed by atoms with Gasteiger partial charge in [0.1, 0.15) is 0 Å². The fourth-order valence-electron chi connectivity index (χ4n) is 3.00. The van der Waals surface area contributed by atoms with E-state index in [0.717, 1.165) is 40.2 Å². The van der Waals surface area contributed by atoms with Crippen molar-refractivity contribution < 1.29 is 14.3 Å². The predicted octanol–water partition coefficient (Wildman–Crippen LogP) is 3.02. The Labute approximate surface area is 154 Å². The second-order valence-corrected chi connectivity index (χ2v) is 6.44. The molecular weight excluding hydrogens is 330 g/mol. The third-order valence-electron chi connectivity index (χ3n) is 4.61. The van der Waals surface area contributed by atoms with Crippen molar-refractivity contribution in [3.63, 3.8) is 0 Å². The van der Waals surface area contributed by atoms with E-state index in [0.29, 0.717) is 6.42 Å². The number of amides is 1. The summed E-state index contributed by atoms with van der Waals surface area (Å²) in [5.74, 6) is -0.709. The monoisotopic (exact) mass is 357 g/mol. The molecule has 140 valence electrons. The molecule has 0 spiro atoms.